The molecule has 0 amide bonds. The molecule has 0 aromatic carbocycles. The molecule has 0 atom stereocenters. The third-order valence-electron chi connectivity index (χ3n) is 6.10. The molecule has 0 N–H and O–H groups in total. The highest BCUT2D eigenvalue weighted by Crippen LogP contribution is 2.38. The third-order valence-corrected chi connectivity index (χ3v) is 6.77. The van der Waals surface area contributed by atoms with Crippen LogP contribution in [0.25, 0.3) is 0 Å². The standard InChI is InChI=1S/C18H35NS/c1-3-16-8-10-17(11-9-16)19(2)14-18(15-20)12-6-4-5-7-13-18/h16-17,20H,3-15H2,1-2H3. The van der Waals surface area contributed by atoms with Gasteiger partial charge in [0.05, 0.1) is 0 Å². The summed E-state index contributed by atoms with van der Waals surface area (Å²) in [5, 5.41) is 0. The molecule has 0 aliphatic heterocycles. The molecule has 0 unspecified atom stereocenters. The van der Waals surface area contributed by atoms with Gasteiger partial charge in [-0.1, -0.05) is 39.0 Å². The number of nitrogens with zero attached hydrogens (tertiary/aromatic N) is 1. The van der Waals surface area contributed by atoms with E-state index in [1.54, 1.807) is 0 Å². The van der Waals surface area contributed by atoms with Crippen LogP contribution in [0.1, 0.15) is 77.6 Å². The minimum atomic E-state index is 0.510. The van der Waals surface area contributed by atoms with E-state index in [2.05, 4.69) is 18.9 Å². The summed E-state index contributed by atoms with van der Waals surface area (Å²) in [6, 6.07) is 0.845. The Morgan fingerprint density at radius 2 is 1.60 bits per heavy atom. The average molecular weight is 298 g/mol. The van der Waals surface area contributed by atoms with Crippen molar-refractivity contribution in [1.29, 1.82) is 0 Å². The smallest absolute Gasteiger partial charge is 0.00926 e. The molecule has 2 fully saturated rings. The molecule has 0 spiro atoms. The summed E-state index contributed by atoms with van der Waals surface area (Å²) in [5.41, 5.74) is 0.510. The molecule has 0 heterocycles. The average Bonchev–Trinajstić information content (AvgIpc) is 2.73. The van der Waals surface area contributed by atoms with Crippen LogP contribution < -0.4 is 0 Å². The Balaban J connectivity index is 1.87. The van der Waals surface area contributed by atoms with E-state index >= 15 is 0 Å². The van der Waals surface area contributed by atoms with Crippen molar-refractivity contribution in [3.63, 3.8) is 0 Å². The summed E-state index contributed by atoms with van der Waals surface area (Å²) in [7, 11) is 2.38. The maximum absolute atomic E-state index is 4.74. The normalized spacial score (nSPS) is 31.2. The molecule has 0 saturated heterocycles. The second kappa shape index (κ2) is 8.08. The van der Waals surface area contributed by atoms with E-state index in [0.717, 1.165) is 17.7 Å². The van der Waals surface area contributed by atoms with E-state index < -0.39 is 0 Å². The lowest BCUT2D eigenvalue weighted by Gasteiger charge is -2.41. The molecule has 0 aromatic rings. The lowest BCUT2D eigenvalue weighted by atomic mass is 9.79. The third kappa shape index (κ3) is 4.40. The van der Waals surface area contributed by atoms with Crippen LogP contribution in [0, 0.1) is 11.3 Å². The van der Waals surface area contributed by atoms with Crippen molar-refractivity contribution in [3.8, 4) is 0 Å². The van der Waals surface area contributed by atoms with Crippen molar-refractivity contribution in [1.82, 2.24) is 4.90 Å². The van der Waals surface area contributed by atoms with Gasteiger partial charge >= 0.3 is 0 Å². The molecule has 2 rings (SSSR count). The molecule has 0 bridgehead atoms. The van der Waals surface area contributed by atoms with Gasteiger partial charge in [0.15, 0.2) is 0 Å². The van der Waals surface area contributed by atoms with Crippen LogP contribution in [0.15, 0.2) is 0 Å². The van der Waals surface area contributed by atoms with Crippen LogP contribution in [0.2, 0.25) is 0 Å². The molecule has 118 valence electrons. The quantitative estimate of drug-likeness (QED) is 0.542. The highest BCUT2D eigenvalue weighted by atomic mass is 32.1. The van der Waals surface area contributed by atoms with Crippen molar-refractivity contribution >= 4 is 12.6 Å². The molecule has 2 heteroatoms. The Morgan fingerprint density at radius 3 is 2.10 bits per heavy atom. The summed E-state index contributed by atoms with van der Waals surface area (Å²) in [6.07, 6.45) is 15.7. The molecular formula is C18H35NS. The molecule has 0 aromatic heterocycles. The van der Waals surface area contributed by atoms with E-state index in [0.29, 0.717) is 5.41 Å². The first-order valence-corrected chi connectivity index (χ1v) is 9.63. The zero-order chi connectivity index (χ0) is 14.4. The van der Waals surface area contributed by atoms with Gasteiger partial charge in [0.2, 0.25) is 0 Å². The van der Waals surface area contributed by atoms with Crippen LogP contribution in [0.3, 0.4) is 0 Å². The molecule has 2 saturated carbocycles. The van der Waals surface area contributed by atoms with Gasteiger partial charge in [-0.3, -0.25) is 0 Å². The molecule has 1 nitrogen and oxygen atoms in total. The van der Waals surface area contributed by atoms with Gasteiger partial charge in [-0.25, -0.2) is 0 Å². The first-order chi connectivity index (χ1) is 9.69. The Hall–Kier alpha value is 0.310. The summed E-state index contributed by atoms with van der Waals surface area (Å²) >= 11 is 4.74. The van der Waals surface area contributed by atoms with E-state index in [9.17, 15) is 0 Å². The molecule has 2 aliphatic rings. The fraction of sp³-hybridized carbons (Fsp3) is 1.00. The highest BCUT2D eigenvalue weighted by molar-refractivity contribution is 7.80. The maximum Gasteiger partial charge on any atom is 0.00926 e. The van der Waals surface area contributed by atoms with Gasteiger partial charge in [0.25, 0.3) is 0 Å². The van der Waals surface area contributed by atoms with Gasteiger partial charge in [-0.05, 0) is 62.7 Å². The Bertz CT molecular complexity index is 263. The monoisotopic (exact) mass is 297 g/mol. The number of rotatable bonds is 5. The van der Waals surface area contributed by atoms with Gasteiger partial charge in [0, 0.05) is 12.6 Å². The van der Waals surface area contributed by atoms with Crippen molar-refractivity contribution < 1.29 is 0 Å². The van der Waals surface area contributed by atoms with E-state index in [1.165, 1.54) is 77.2 Å². The predicted octanol–water partition coefficient (Wildman–Crippen LogP) is 5.16. The van der Waals surface area contributed by atoms with Crippen molar-refractivity contribution in [2.24, 2.45) is 11.3 Å². The minimum Gasteiger partial charge on any atom is -0.303 e. The zero-order valence-corrected chi connectivity index (χ0v) is 14.6. The largest absolute Gasteiger partial charge is 0.303 e. The molecule has 20 heavy (non-hydrogen) atoms. The van der Waals surface area contributed by atoms with Gasteiger partial charge in [-0.15, -0.1) is 0 Å². The van der Waals surface area contributed by atoms with Crippen LogP contribution in [0.4, 0.5) is 0 Å². The summed E-state index contributed by atoms with van der Waals surface area (Å²) < 4.78 is 0. The first-order valence-electron chi connectivity index (χ1n) is 9.00. The molecule has 2 aliphatic carbocycles. The Morgan fingerprint density at radius 1 is 1.00 bits per heavy atom. The van der Waals surface area contributed by atoms with E-state index in [4.69, 9.17) is 12.6 Å². The van der Waals surface area contributed by atoms with Gasteiger partial charge in [-0.2, -0.15) is 12.6 Å². The summed E-state index contributed by atoms with van der Waals surface area (Å²) in [6.45, 7) is 3.65. The van der Waals surface area contributed by atoms with E-state index in [1.807, 2.05) is 0 Å². The molecular weight excluding hydrogens is 262 g/mol. The van der Waals surface area contributed by atoms with Crippen molar-refractivity contribution in [2.75, 3.05) is 19.3 Å². The number of hydrogen-bond donors (Lipinski definition) is 1. The molecule has 0 radical (unpaired) electrons. The lowest BCUT2D eigenvalue weighted by molar-refractivity contribution is 0.102. The Kier molecular flexibility index (Phi) is 6.74. The minimum absolute atomic E-state index is 0.510. The van der Waals surface area contributed by atoms with Crippen molar-refractivity contribution in [2.45, 2.75) is 83.6 Å². The fourth-order valence-electron chi connectivity index (χ4n) is 4.50. The second-order valence-corrected chi connectivity index (χ2v) is 7.89. The van der Waals surface area contributed by atoms with Crippen LogP contribution >= 0.6 is 12.6 Å². The van der Waals surface area contributed by atoms with Crippen LogP contribution in [0.5, 0.6) is 0 Å². The van der Waals surface area contributed by atoms with Gasteiger partial charge in [0.1, 0.15) is 0 Å². The van der Waals surface area contributed by atoms with Crippen LogP contribution in [-0.2, 0) is 0 Å². The number of thiol groups is 1. The lowest BCUT2D eigenvalue weighted by Crippen LogP contribution is -2.43. The van der Waals surface area contributed by atoms with E-state index in [-0.39, 0.29) is 0 Å². The first kappa shape index (κ1) is 16.7. The zero-order valence-electron chi connectivity index (χ0n) is 13.7. The van der Waals surface area contributed by atoms with Gasteiger partial charge < -0.3 is 4.90 Å². The van der Waals surface area contributed by atoms with Crippen molar-refractivity contribution in [3.05, 3.63) is 0 Å². The maximum atomic E-state index is 4.74. The summed E-state index contributed by atoms with van der Waals surface area (Å²) in [5.74, 6) is 2.10. The number of hydrogen-bond acceptors (Lipinski definition) is 2. The predicted molar refractivity (Wildman–Crippen MR) is 92.7 cm³/mol. The Labute approximate surface area is 132 Å². The van der Waals surface area contributed by atoms with Crippen LogP contribution in [-0.4, -0.2) is 30.3 Å². The SMILES string of the molecule is CCC1CCC(N(C)CC2(CS)CCCCCC2)CC1. The topological polar surface area (TPSA) is 3.24 Å². The highest BCUT2D eigenvalue weighted by Gasteiger charge is 2.33. The fourth-order valence-corrected chi connectivity index (χ4v) is 4.91. The summed E-state index contributed by atoms with van der Waals surface area (Å²) in [4.78, 5) is 2.70. The second-order valence-electron chi connectivity index (χ2n) is 7.57.